The SMILES string of the molecule is CCCCCCCC/C=C\CCCCCCCC(=O)C(CC)(C(=O)CCCCCCC/C=C\CCCCCCCC)[N+](C)(C)C.[Br-]. The zero-order valence-corrected chi connectivity index (χ0v) is 33.5. The second-order valence-corrected chi connectivity index (χ2v) is 14.7. The molecule has 0 unspecified atom stereocenters. The number of quaternary nitrogens is 1. The van der Waals surface area contributed by atoms with Crippen molar-refractivity contribution in [2.45, 2.75) is 213 Å². The van der Waals surface area contributed by atoms with Gasteiger partial charge in [-0.15, -0.1) is 0 Å². The van der Waals surface area contributed by atoms with E-state index in [4.69, 9.17) is 0 Å². The van der Waals surface area contributed by atoms with Crippen LogP contribution in [0.1, 0.15) is 207 Å². The Labute approximate surface area is 299 Å². The lowest BCUT2D eigenvalue weighted by Crippen LogP contribution is -3.00. The first-order valence-corrected chi connectivity index (χ1v) is 20.0. The molecule has 0 aromatic rings. The average Bonchev–Trinajstić information content (AvgIpc) is 3.01. The summed E-state index contributed by atoms with van der Waals surface area (Å²) in [6.45, 7) is 6.59. The molecule has 272 valence electrons. The number of allylic oxidation sites excluding steroid dienone is 4. The molecule has 0 N–H and O–H groups in total. The number of carbonyl (C=O) groups is 2. The molecule has 0 atom stereocenters. The Bertz CT molecular complexity index is 699. The third-order valence-corrected chi connectivity index (χ3v) is 9.91. The molecule has 3 nitrogen and oxygen atoms in total. The Morgan fingerprint density at radius 3 is 0.957 bits per heavy atom. The quantitative estimate of drug-likeness (QED) is 0.0288. The van der Waals surface area contributed by atoms with Crippen molar-refractivity contribution in [3.63, 3.8) is 0 Å². The first-order valence-electron chi connectivity index (χ1n) is 20.0. The van der Waals surface area contributed by atoms with Crippen LogP contribution in [0.25, 0.3) is 0 Å². The van der Waals surface area contributed by atoms with Gasteiger partial charge in [0.05, 0.1) is 21.1 Å². The molecule has 0 rings (SSSR count). The smallest absolute Gasteiger partial charge is 0.216 e. The molecular formula is C42H80BrNO2. The van der Waals surface area contributed by atoms with Crippen LogP contribution in [0.15, 0.2) is 24.3 Å². The van der Waals surface area contributed by atoms with Crippen LogP contribution in [0, 0.1) is 0 Å². The largest absolute Gasteiger partial charge is 1.00 e. The van der Waals surface area contributed by atoms with Crippen LogP contribution in [0.4, 0.5) is 0 Å². The van der Waals surface area contributed by atoms with E-state index in [2.05, 4.69) is 38.2 Å². The summed E-state index contributed by atoms with van der Waals surface area (Å²) in [6.07, 6.45) is 43.7. The molecule has 0 aliphatic rings. The number of carbonyl (C=O) groups excluding carboxylic acids is 2. The Balaban J connectivity index is 0. The number of hydrogen-bond acceptors (Lipinski definition) is 2. The van der Waals surface area contributed by atoms with Crippen LogP contribution in [0.3, 0.4) is 0 Å². The third kappa shape index (κ3) is 23.6. The number of halogens is 1. The standard InChI is InChI=1S/C42H80NO2.BrH/c1-7-10-12-14-16-18-20-22-24-26-28-30-32-34-36-38-40(44)42(9-3,43(4,5)6)41(45)39-37-35-33-31-29-27-25-23-21-19-17-15-13-11-8-2;/h22-25H,7-21,26-39H2,1-6H3;1H/q+1;/p-1/b24-22-,25-23-;. The first-order chi connectivity index (χ1) is 21.8. The molecule has 0 heterocycles. The Morgan fingerprint density at radius 1 is 0.435 bits per heavy atom. The highest BCUT2D eigenvalue weighted by atomic mass is 79.9. The Hall–Kier alpha value is -0.740. The molecular weight excluding hydrogens is 630 g/mol. The second-order valence-electron chi connectivity index (χ2n) is 14.7. The minimum absolute atomic E-state index is 0. The minimum Gasteiger partial charge on any atom is -1.00 e. The first kappa shape index (κ1) is 47.4. The molecule has 0 radical (unpaired) electrons. The number of nitrogens with zero attached hydrogens (tertiary/aromatic N) is 1. The summed E-state index contributed by atoms with van der Waals surface area (Å²) in [5, 5.41) is 0. The highest BCUT2D eigenvalue weighted by Crippen LogP contribution is 2.30. The molecule has 4 heteroatoms. The highest BCUT2D eigenvalue weighted by molar-refractivity contribution is 6.10. The van der Waals surface area contributed by atoms with E-state index >= 15 is 0 Å². The molecule has 0 aliphatic carbocycles. The summed E-state index contributed by atoms with van der Waals surface area (Å²) >= 11 is 0. The lowest BCUT2D eigenvalue weighted by Gasteiger charge is -2.43. The molecule has 0 saturated heterocycles. The number of hydrogen-bond donors (Lipinski definition) is 0. The summed E-state index contributed by atoms with van der Waals surface area (Å²) in [4.78, 5) is 27.3. The average molecular weight is 711 g/mol. The lowest BCUT2D eigenvalue weighted by atomic mass is 9.79. The topological polar surface area (TPSA) is 34.1 Å². The monoisotopic (exact) mass is 710 g/mol. The predicted molar refractivity (Wildman–Crippen MR) is 200 cm³/mol. The van der Waals surface area contributed by atoms with Crippen molar-refractivity contribution >= 4 is 11.6 Å². The van der Waals surface area contributed by atoms with Crippen molar-refractivity contribution in [2.75, 3.05) is 21.1 Å². The summed E-state index contributed by atoms with van der Waals surface area (Å²) in [7, 11) is 6.12. The molecule has 0 fully saturated rings. The van der Waals surface area contributed by atoms with Gasteiger partial charge in [-0.25, -0.2) is 0 Å². The fourth-order valence-corrected chi connectivity index (χ4v) is 6.90. The highest BCUT2D eigenvalue weighted by Gasteiger charge is 2.53. The number of unbranched alkanes of at least 4 members (excludes halogenated alkanes) is 22. The van der Waals surface area contributed by atoms with Crippen LogP contribution in [0.2, 0.25) is 0 Å². The summed E-state index contributed by atoms with van der Waals surface area (Å²) < 4.78 is 0.414. The van der Waals surface area contributed by atoms with Gasteiger partial charge in [-0.3, -0.25) is 9.59 Å². The molecule has 0 aromatic carbocycles. The van der Waals surface area contributed by atoms with Crippen molar-refractivity contribution in [3.05, 3.63) is 24.3 Å². The lowest BCUT2D eigenvalue weighted by molar-refractivity contribution is -0.902. The number of rotatable bonds is 34. The molecule has 46 heavy (non-hydrogen) atoms. The van der Waals surface area contributed by atoms with Crippen LogP contribution >= 0.6 is 0 Å². The number of likely N-dealkylation sites (N-methyl/N-ethyl adjacent to an activating group) is 1. The van der Waals surface area contributed by atoms with E-state index in [0.29, 0.717) is 23.7 Å². The predicted octanol–water partition coefficient (Wildman–Crippen LogP) is 10.1. The fourth-order valence-electron chi connectivity index (χ4n) is 6.90. The summed E-state index contributed by atoms with van der Waals surface area (Å²) in [6, 6.07) is 0. The fraction of sp³-hybridized carbons (Fsp3) is 0.857. The van der Waals surface area contributed by atoms with E-state index in [1.807, 2.05) is 28.1 Å². The number of Topliss-reactive ketones (excluding diaryl/α,β-unsaturated/α-hetero) is 2. The van der Waals surface area contributed by atoms with E-state index in [0.717, 1.165) is 25.7 Å². The molecule has 0 aromatic heterocycles. The normalized spacial score (nSPS) is 12.3. The van der Waals surface area contributed by atoms with E-state index in [-0.39, 0.29) is 28.5 Å². The van der Waals surface area contributed by atoms with E-state index in [9.17, 15) is 9.59 Å². The van der Waals surface area contributed by atoms with E-state index in [1.165, 1.54) is 141 Å². The van der Waals surface area contributed by atoms with Gasteiger partial charge >= 0.3 is 0 Å². The van der Waals surface area contributed by atoms with Crippen molar-refractivity contribution in [3.8, 4) is 0 Å². The summed E-state index contributed by atoms with van der Waals surface area (Å²) in [5.41, 5.74) is -0.887. The van der Waals surface area contributed by atoms with Gasteiger partial charge in [-0.2, -0.15) is 0 Å². The zero-order chi connectivity index (χ0) is 33.5. The molecule has 0 aliphatic heterocycles. The van der Waals surface area contributed by atoms with Gasteiger partial charge < -0.3 is 21.5 Å². The number of ketones is 2. The van der Waals surface area contributed by atoms with Crippen molar-refractivity contribution < 1.29 is 31.1 Å². The maximum Gasteiger partial charge on any atom is 0.216 e. The van der Waals surface area contributed by atoms with Crippen LogP contribution in [-0.2, 0) is 9.59 Å². The van der Waals surface area contributed by atoms with Gasteiger partial charge in [0.25, 0.3) is 0 Å². The van der Waals surface area contributed by atoms with Crippen LogP contribution < -0.4 is 17.0 Å². The van der Waals surface area contributed by atoms with Gasteiger partial charge in [0.2, 0.25) is 17.1 Å². The Morgan fingerprint density at radius 2 is 0.696 bits per heavy atom. The van der Waals surface area contributed by atoms with Crippen molar-refractivity contribution in [2.24, 2.45) is 0 Å². The maximum atomic E-state index is 13.6. The van der Waals surface area contributed by atoms with Crippen LogP contribution in [-0.4, -0.2) is 42.7 Å². The van der Waals surface area contributed by atoms with Crippen molar-refractivity contribution in [1.29, 1.82) is 0 Å². The maximum absolute atomic E-state index is 13.6. The van der Waals surface area contributed by atoms with Gasteiger partial charge in [0, 0.05) is 19.3 Å². The molecule has 0 amide bonds. The zero-order valence-electron chi connectivity index (χ0n) is 32.0. The Kier molecular flexibility index (Phi) is 33.8. The van der Waals surface area contributed by atoms with E-state index < -0.39 is 5.54 Å². The van der Waals surface area contributed by atoms with Crippen molar-refractivity contribution in [1.82, 2.24) is 0 Å². The minimum atomic E-state index is -0.887. The van der Waals surface area contributed by atoms with E-state index in [1.54, 1.807) is 0 Å². The van der Waals surface area contributed by atoms with Gasteiger partial charge in [-0.05, 0) is 64.2 Å². The van der Waals surface area contributed by atoms with Gasteiger partial charge in [0.1, 0.15) is 0 Å². The second kappa shape index (κ2) is 32.8. The van der Waals surface area contributed by atoms with Gasteiger partial charge in [-0.1, -0.05) is 148 Å². The van der Waals surface area contributed by atoms with Gasteiger partial charge in [0.15, 0.2) is 0 Å². The molecule has 0 spiro atoms. The third-order valence-electron chi connectivity index (χ3n) is 9.91. The molecule has 0 saturated carbocycles. The molecule has 0 bridgehead atoms. The van der Waals surface area contributed by atoms with Crippen LogP contribution in [0.5, 0.6) is 0 Å². The summed E-state index contributed by atoms with van der Waals surface area (Å²) in [5.74, 6) is 0.348.